The molecule has 1 amide bonds. The van der Waals surface area contributed by atoms with E-state index in [1.165, 1.54) is 0 Å². The highest BCUT2D eigenvalue weighted by Crippen LogP contribution is 2.21. The number of rotatable bonds is 3. The third kappa shape index (κ3) is 3.93. The van der Waals surface area contributed by atoms with Crippen LogP contribution in [0, 0.1) is 0 Å². The minimum Gasteiger partial charge on any atom is -0.368 e. The molecule has 1 saturated heterocycles. The van der Waals surface area contributed by atoms with Crippen molar-refractivity contribution in [3.05, 3.63) is 77.7 Å². The van der Waals surface area contributed by atoms with E-state index in [-0.39, 0.29) is 5.91 Å². The fraction of sp³-hybridized carbons (Fsp3) is 0.190. The molecule has 6 heteroatoms. The number of carbonyl (C=O) groups excluding carboxylic acids is 1. The molecule has 1 aromatic carbocycles. The van der Waals surface area contributed by atoms with E-state index in [0.717, 1.165) is 35.1 Å². The second kappa shape index (κ2) is 7.76. The zero-order valence-corrected chi connectivity index (χ0v) is 15.5. The van der Waals surface area contributed by atoms with Gasteiger partial charge in [0.15, 0.2) is 0 Å². The van der Waals surface area contributed by atoms with Gasteiger partial charge in [-0.05, 0) is 42.5 Å². The summed E-state index contributed by atoms with van der Waals surface area (Å²) in [5, 5.41) is 0.728. The summed E-state index contributed by atoms with van der Waals surface area (Å²) in [4.78, 5) is 25.4. The smallest absolute Gasteiger partial charge is 0.255 e. The highest BCUT2D eigenvalue weighted by Gasteiger charge is 2.22. The first-order valence-electron chi connectivity index (χ1n) is 8.87. The lowest BCUT2D eigenvalue weighted by Gasteiger charge is -2.36. The Morgan fingerprint density at radius 1 is 0.963 bits per heavy atom. The van der Waals surface area contributed by atoms with Crippen molar-refractivity contribution in [3.63, 3.8) is 0 Å². The van der Waals surface area contributed by atoms with Gasteiger partial charge >= 0.3 is 0 Å². The number of hydrogen-bond acceptors (Lipinski definition) is 4. The van der Waals surface area contributed by atoms with E-state index in [0.29, 0.717) is 18.7 Å². The first-order chi connectivity index (χ1) is 13.2. The molecule has 0 aliphatic carbocycles. The van der Waals surface area contributed by atoms with Gasteiger partial charge in [-0.15, -0.1) is 0 Å². The van der Waals surface area contributed by atoms with Crippen LogP contribution in [0.4, 0.5) is 5.69 Å². The summed E-state index contributed by atoms with van der Waals surface area (Å²) in [5.41, 5.74) is 3.45. The normalized spacial score (nSPS) is 14.3. The Bertz CT molecular complexity index is 922. The fourth-order valence-electron chi connectivity index (χ4n) is 3.23. The molecule has 0 saturated carbocycles. The SMILES string of the molecule is O=C(c1ccc(-c2cccnc2)nc1)N1CCN(c2cccc(Cl)c2)CC1. The van der Waals surface area contributed by atoms with Crippen LogP contribution in [0.2, 0.25) is 5.02 Å². The maximum atomic E-state index is 12.8. The van der Waals surface area contributed by atoms with Gasteiger partial charge in [-0.1, -0.05) is 17.7 Å². The molecule has 0 atom stereocenters. The third-order valence-electron chi connectivity index (χ3n) is 4.71. The van der Waals surface area contributed by atoms with E-state index in [4.69, 9.17) is 11.6 Å². The van der Waals surface area contributed by atoms with Gasteiger partial charge in [-0.2, -0.15) is 0 Å². The van der Waals surface area contributed by atoms with Gasteiger partial charge in [-0.25, -0.2) is 0 Å². The Balaban J connectivity index is 1.41. The molecule has 3 heterocycles. The number of halogens is 1. The lowest BCUT2D eigenvalue weighted by molar-refractivity contribution is 0.0746. The van der Waals surface area contributed by atoms with Gasteiger partial charge in [-0.3, -0.25) is 14.8 Å². The zero-order chi connectivity index (χ0) is 18.6. The van der Waals surface area contributed by atoms with Crippen LogP contribution in [0.15, 0.2) is 67.1 Å². The quantitative estimate of drug-likeness (QED) is 0.696. The number of nitrogens with zero attached hydrogens (tertiary/aromatic N) is 4. The predicted molar refractivity (Wildman–Crippen MR) is 107 cm³/mol. The lowest BCUT2D eigenvalue weighted by Crippen LogP contribution is -2.48. The molecular weight excluding hydrogens is 360 g/mol. The van der Waals surface area contributed by atoms with Crippen LogP contribution in [0.1, 0.15) is 10.4 Å². The number of piperazine rings is 1. The number of aromatic nitrogens is 2. The summed E-state index contributed by atoms with van der Waals surface area (Å²) in [6.45, 7) is 2.92. The zero-order valence-electron chi connectivity index (χ0n) is 14.8. The maximum absolute atomic E-state index is 12.8. The topological polar surface area (TPSA) is 49.3 Å². The fourth-order valence-corrected chi connectivity index (χ4v) is 3.41. The summed E-state index contributed by atoms with van der Waals surface area (Å²) in [5.74, 6) is 0.0194. The minimum absolute atomic E-state index is 0.0194. The van der Waals surface area contributed by atoms with E-state index in [9.17, 15) is 4.79 Å². The van der Waals surface area contributed by atoms with Gasteiger partial charge < -0.3 is 9.80 Å². The van der Waals surface area contributed by atoms with Gasteiger partial charge in [0, 0.05) is 61.0 Å². The predicted octanol–water partition coefficient (Wildman–Crippen LogP) is 3.76. The van der Waals surface area contributed by atoms with Crippen molar-refractivity contribution in [2.45, 2.75) is 0 Å². The van der Waals surface area contributed by atoms with E-state index in [2.05, 4.69) is 14.9 Å². The average molecular weight is 379 g/mol. The van der Waals surface area contributed by atoms with Gasteiger partial charge in [0.25, 0.3) is 5.91 Å². The van der Waals surface area contributed by atoms with Crippen LogP contribution in [0.25, 0.3) is 11.3 Å². The minimum atomic E-state index is 0.0194. The Kier molecular flexibility index (Phi) is 5.03. The highest BCUT2D eigenvalue weighted by atomic mass is 35.5. The second-order valence-corrected chi connectivity index (χ2v) is 6.87. The number of amides is 1. The molecular formula is C21H19ClN4O. The van der Waals surface area contributed by atoms with E-state index >= 15 is 0 Å². The number of anilines is 1. The van der Waals surface area contributed by atoms with E-state index < -0.39 is 0 Å². The van der Waals surface area contributed by atoms with Crippen molar-refractivity contribution in [1.29, 1.82) is 0 Å². The Morgan fingerprint density at radius 3 is 2.48 bits per heavy atom. The molecule has 3 aromatic rings. The molecule has 1 fully saturated rings. The molecule has 0 N–H and O–H groups in total. The Hall–Kier alpha value is -2.92. The third-order valence-corrected chi connectivity index (χ3v) is 4.94. The standard InChI is InChI=1S/C21H19ClN4O/c22-18-4-1-5-19(13-18)25-9-11-26(12-10-25)21(27)17-6-7-20(24-15-17)16-3-2-8-23-14-16/h1-8,13-15H,9-12H2. The van der Waals surface area contributed by atoms with Crippen molar-refractivity contribution >= 4 is 23.2 Å². The average Bonchev–Trinajstić information content (AvgIpc) is 2.74. The molecule has 0 radical (unpaired) electrons. The molecule has 5 nitrogen and oxygen atoms in total. The van der Waals surface area contributed by atoms with Crippen molar-refractivity contribution in [2.75, 3.05) is 31.1 Å². The molecule has 1 aliphatic heterocycles. The molecule has 1 aliphatic rings. The van der Waals surface area contributed by atoms with Gasteiger partial charge in [0.05, 0.1) is 11.3 Å². The van der Waals surface area contributed by atoms with Crippen molar-refractivity contribution in [2.24, 2.45) is 0 Å². The van der Waals surface area contributed by atoms with E-state index in [1.54, 1.807) is 18.6 Å². The first kappa shape index (κ1) is 17.5. The second-order valence-electron chi connectivity index (χ2n) is 6.43. The summed E-state index contributed by atoms with van der Waals surface area (Å²) in [6.07, 6.45) is 5.14. The highest BCUT2D eigenvalue weighted by molar-refractivity contribution is 6.30. The van der Waals surface area contributed by atoms with Crippen LogP contribution >= 0.6 is 11.6 Å². The molecule has 2 aromatic heterocycles. The Labute approximate surface area is 163 Å². The Morgan fingerprint density at radius 2 is 1.81 bits per heavy atom. The molecule has 27 heavy (non-hydrogen) atoms. The number of benzene rings is 1. The summed E-state index contributed by atoms with van der Waals surface area (Å²) < 4.78 is 0. The van der Waals surface area contributed by atoms with Crippen molar-refractivity contribution in [3.8, 4) is 11.3 Å². The summed E-state index contributed by atoms with van der Waals surface area (Å²) in [6, 6.07) is 15.3. The van der Waals surface area contributed by atoms with Gasteiger partial charge in [0.2, 0.25) is 0 Å². The van der Waals surface area contributed by atoms with Crippen LogP contribution in [-0.2, 0) is 0 Å². The molecule has 0 bridgehead atoms. The van der Waals surface area contributed by atoms with Crippen molar-refractivity contribution in [1.82, 2.24) is 14.9 Å². The molecule has 0 unspecified atom stereocenters. The lowest BCUT2D eigenvalue weighted by atomic mass is 10.1. The largest absolute Gasteiger partial charge is 0.368 e. The van der Waals surface area contributed by atoms with Crippen molar-refractivity contribution < 1.29 is 4.79 Å². The molecule has 136 valence electrons. The maximum Gasteiger partial charge on any atom is 0.255 e. The molecule has 0 spiro atoms. The number of pyridine rings is 2. The van der Waals surface area contributed by atoms with Crippen LogP contribution in [-0.4, -0.2) is 47.0 Å². The van der Waals surface area contributed by atoms with Crippen LogP contribution in [0.3, 0.4) is 0 Å². The van der Waals surface area contributed by atoms with Crippen LogP contribution in [0.5, 0.6) is 0 Å². The monoisotopic (exact) mass is 378 g/mol. The summed E-state index contributed by atoms with van der Waals surface area (Å²) in [7, 11) is 0. The molecule has 4 rings (SSSR count). The first-order valence-corrected chi connectivity index (χ1v) is 9.25. The van der Waals surface area contributed by atoms with E-state index in [1.807, 2.05) is 53.4 Å². The van der Waals surface area contributed by atoms with Gasteiger partial charge in [0.1, 0.15) is 0 Å². The number of carbonyl (C=O) groups is 1. The summed E-state index contributed by atoms with van der Waals surface area (Å²) >= 11 is 6.08. The number of hydrogen-bond donors (Lipinski definition) is 0. The van der Waals surface area contributed by atoms with Crippen LogP contribution < -0.4 is 4.90 Å².